The van der Waals surface area contributed by atoms with Gasteiger partial charge in [-0.2, -0.15) is 0 Å². The highest BCUT2D eigenvalue weighted by Crippen LogP contribution is 2.10. The van der Waals surface area contributed by atoms with Crippen LogP contribution in [0.1, 0.15) is 27.2 Å². The molecule has 1 fully saturated rings. The van der Waals surface area contributed by atoms with Gasteiger partial charge in [-0.15, -0.1) is 0 Å². The Morgan fingerprint density at radius 2 is 1.71 bits per heavy atom. The van der Waals surface area contributed by atoms with Gasteiger partial charge >= 0.3 is 0 Å². The van der Waals surface area contributed by atoms with Gasteiger partial charge in [0, 0.05) is 45.8 Å². The SMILES string of the molecule is CC(C)CN1CCN(CCC(C)(O)CN)CC1. The molecule has 17 heavy (non-hydrogen) atoms. The van der Waals surface area contributed by atoms with E-state index in [1.807, 2.05) is 6.92 Å². The Hall–Kier alpha value is -0.160. The lowest BCUT2D eigenvalue weighted by Gasteiger charge is -2.36. The van der Waals surface area contributed by atoms with Crippen LogP contribution in [0.4, 0.5) is 0 Å². The number of piperazine rings is 1. The predicted octanol–water partition coefficient (Wildman–Crippen LogP) is 0.360. The van der Waals surface area contributed by atoms with Crippen molar-refractivity contribution in [3.05, 3.63) is 0 Å². The van der Waals surface area contributed by atoms with Crippen molar-refractivity contribution in [1.82, 2.24) is 9.80 Å². The Labute approximate surface area is 106 Å². The van der Waals surface area contributed by atoms with Crippen molar-refractivity contribution >= 4 is 0 Å². The van der Waals surface area contributed by atoms with Gasteiger partial charge in [0.15, 0.2) is 0 Å². The van der Waals surface area contributed by atoms with E-state index < -0.39 is 5.60 Å². The summed E-state index contributed by atoms with van der Waals surface area (Å²) in [6.45, 7) is 13.4. The van der Waals surface area contributed by atoms with Crippen LogP contribution < -0.4 is 5.73 Å². The van der Waals surface area contributed by atoms with Gasteiger partial charge in [0.05, 0.1) is 5.60 Å². The van der Waals surface area contributed by atoms with Crippen molar-refractivity contribution in [2.75, 3.05) is 45.8 Å². The highest BCUT2D eigenvalue weighted by Gasteiger charge is 2.22. The van der Waals surface area contributed by atoms with E-state index in [-0.39, 0.29) is 0 Å². The molecule has 0 aromatic heterocycles. The summed E-state index contributed by atoms with van der Waals surface area (Å²) in [4.78, 5) is 4.96. The number of aliphatic hydroxyl groups is 1. The number of hydrogen-bond acceptors (Lipinski definition) is 4. The number of hydrogen-bond donors (Lipinski definition) is 2. The standard InChI is InChI=1S/C13H29N3O/c1-12(2)10-16-8-6-15(7-9-16)5-4-13(3,17)11-14/h12,17H,4-11,14H2,1-3H3. The zero-order valence-electron chi connectivity index (χ0n) is 11.7. The molecule has 1 aliphatic rings. The first-order chi connectivity index (χ1) is 7.93. The monoisotopic (exact) mass is 243 g/mol. The molecule has 4 heteroatoms. The van der Waals surface area contributed by atoms with Crippen LogP contribution in [0.25, 0.3) is 0 Å². The summed E-state index contributed by atoms with van der Waals surface area (Å²) >= 11 is 0. The summed E-state index contributed by atoms with van der Waals surface area (Å²) in [6, 6.07) is 0. The summed E-state index contributed by atoms with van der Waals surface area (Å²) in [5, 5.41) is 9.86. The lowest BCUT2D eigenvalue weighted by Crippen LogP contribution is -2.49. The second kappa shape index (κ2) is 6.69. The zero-order chi connectivity index (χ0) is 12.9. The third-order valence-corrected chi connectivity index (χ3v) is 3.49. The van der Waals surface area contributed by atoms with E-state index in [2.05, 4.69) is 23.6 Å². The Morgan fingerprint density at radius 3 is 2.18 bits per heavy atom. The third kappa shape index (κ3) is 5.82. The van der Waals surface area contributed by atoms with E-state index in [4.69, 9.17) is 5.73 Å². The van der Waals surface area contributed by atoms with Crippen LogP contribution in [0.5, 0.6) is 0 Å². The predicted molar refractivity (Wildman–Crippen MR) is 72.0 cm³/mol. The number of rotatable bonds is 6. The molecule has 102 valence electrons. The van der Waals surface area contributed by atoms with E-state index >= 15 is 0 Å². The van der Waals surface area contributed by atoms with Gasteiger partial charge in [0.1, 0.15) is 0 Å². The third-order valence-electron chi connectivity index (χ3n) is 3.49. The minimum absolute atomic E-state index is 0.348. The minimum Gasteiger partial charge on any atom is -0.389 e. The first-order valence-electron chi connectivity index (χ1n) is 6.80. The normalized spacial score (nSPS) is 22.9. The quantitative estimate of drug-likeness (QED) is 0.707. The summed E-state index contributed by atoms with van der Waals surface area (Å²) in [6.07, 6.45) is 0.772. The smallest absolute Gasteiger partial charge is 0.0753 e. The average molecular weight is 243 g/mol. The molecular weight excluding hydrogens is 214 g/mol. The molecule has 0 aliphatic carbocycles. The molecular formula is C13H29N3O. The molecule has 1 rings (SSSR count). The largest absolute Gasteiger partial charge is 0.389 e. The summed E-state index contributed by atoms with van der Waals surface area (Å²) < 4.78 is 0. The molecule has 1 atom stereocenters. The minimum atomic E-state index is -0.699. The number of nitrogens with zero attached hydrogens (tertiary/aromatic N) is 2. The number of nitrogens with two attached hydrogens (primary N) is 1. The molecule has 1 saturated heterocycles. The zero-order valence-corrected chi connectivity index (χ0v) is 11.7. The second-order valence-electron chi connectivity index (χ2n) is 5.99. The fourth-order valence-corrected chi connectivity index (χ4v) is 2.21. The van der Waals surface area contributed by atoms with Gasteiger partial charge in [-0.05, 0) is 19.3 Å². The maximum atomic E-state index is 9.86. The van der Waals surface area contributed by atoms with Crippen LogP contribution in [-0.4, -0.2) is 66.3 Å². The van der Waals surface area contributed by atoms with Crippen molar-refractivity contribution in [1.29, 1.82) is 0 Å². The topological polar surface area (TPSA) is 52.7 Å². The van der Waals surface area contributed by atoms with Gasteiger partial charge in [-0.25, -0.2) is 0 Å². The fraction of sp³-hybridized carbons (Fsp3) is 1.00. The Balaban J connectivity index is 2.19. The molecule has 1 unspecified atom stereocenters. The van der Waals surface area contributed by atoms with Crippen LogP contribution >= 0.6 is 0 Å². The lowest BCUT2D eigenvalue weighted by molar-refractivity contribution is 0.0382. The van der Waals surface area contributed by atoms with E-state index in [1.165, 1.54) is 6.54 Å². The fourth-order valence-electron chi connectivity index (χ4n) is 2.21. The molecule has 1 aliphatic heterocycles. The van der Waals surface area contributed by atoms with Crippen molar-refractivity contribution < 1.29 is 5.11 Å². The van der Waals surface area contributed by atoms with Gasteiger partial charge in [0.2, 0.25) is 0 Å². The van der Waals surface area contributed by atoms with Crippen molar-refractivity contribution in [2.24, 2.45) is 11.7 Å². The molecule has 0 amide bonds. The van der Waals surface area contributed by atoms with E-state index in [0.29, 0.717) is 6.54 Å². The van der Waals surface area contributed by atoms with E-state index in [1.54, 1.807) is 0 Å². The van der Waals surface area contributed by atoms with Crippen LogP contribution in [-0.2, 0) is 0 Å². The molecule has 0 aromatic rings. The second-order valence-corrected chi connectivity index (χ2v) is 5.99. The molecule has 0 radical (unpaired) electrons. The average Bonchev–Trinajstić information content (AvgIpc) is 2.28. The summed E-state index contributed by atoms with van der Waals surface area (Å²) in [5.74, 6) is 0.750. The maximum absolute atomic E-state index is 9.86. The maximum Gasteiger partial charge on any atom is 0.0753 e. The Morgan fingerprint density at radius 1 is 1.18 bits per heavy atom. The van der Waals surface area contributed by atoms with Crippen molar-refractivity contribution in [2.45, 2.75) is 32.8 Å². The van der Waals surface area contributed by atoms with E-state index in [0.717, 1.165) is 45.1 Å². The van der Waals surface area contributed by atoms with Crippen LogP contribution in [0.15, 0.2) is 0 Å². The lowest BCUT2D eigenvalue weighted by atomic mass is 10.0. The molecule has 0 spiro atoms. The molecule has 3 N–H and O–H groups in total. The summed E-state index contributed by atoms with van der Waals surface area (Å²) in [5.41, 5.74) is 4.82. The van der Waals surface area contributed by atoms with Gasteiger partial charge < -0.3 is 20.6 Å². The molecule has 0 bridgehead atoms. The van der Waals surface area contributed by atoms with Crippen LogP contribution in [0, 0.1) is 5.92 Å². The Bertz CT molecular complexity index is 211. The molecule has 4 nitrogen and oxygen atoms in total. The van der Waals surface area contributed by atoms with Crippen LogP contribution in [0.3, 0.4) is 0 Å². The Kier molecular flexibility index (Phi) is 5.86. The van der Waals surface area contributed by atoms with E-state index in [9.17, 15) is 5.11 Å². The molecule has 0 aromatic carbocycles. The van der Waals surface area contributed by atoms with Crippen molar-refractivity contribution in [3.63, 3.8) is 0 Å². The first-order valence-corrected chi connectivity index (χ1v) is 6.80. The summed E-state index contributed by atoms with van der Waals surface area (Å²) in [7, 11) is 0. The van der Waals surface area contributed by atoms with Crippen LogP contribution in [0.2, 0.25) is 0 Å². The highest BCUT2D eigenvalue weighted by atomic mass is 16.3. The highest BCUT2D eigenvalue weighted by molar-refractivity contribution is 4.78. The molecule has 1 heterocycles. The molecule has 0 saturated carbocycles. The van der Waals surface area contributed by atoms with Gasteiger partial charge in [-0.1, -0.05) is 13.8 Å². The first kappa shape index (κ1) is 14.9. The van der Waals surface area contributed by atoms with Crippen molar-refractivity contribution in [3.8, 4) is 0 Å². The van der Waals surface area contributed by atoms with Gasteiger partial charge in [-0.3, -0.25) is 0 Å². The van der Waals surface area contributed by atoms with Gasteiger partial charge in [0.25, 0.3) is 0 Å².